The number of fused-ring (bicyclic) bond motifs is 1. The summed E-state index contributed by atoms with van der Waals surface area (Å²) < 4.78 is 5.12. The summed E-state index contributed by atoms with van der Waals surface area (Å²) >= 11 is 0. The van der Waals surface area contributed by atoms with Crippen LogP contribution >= 0.6 is 0 Å². The summed E-state index contributed by atoms with van der Waals surface area (Å²) in [7, 11) is 3.44. The van der Waals surface area contributed by atoms with Gasteiger partial charge in [-0.15, -0.1) is 0 Å². The van der Waals surface area contributed by atoms with Crippen LogP contribution in [-0.2, 0) is 27.2 Å². The van der Waals surface area contributed by atoms with Crippen molar-refractivity contribution in [2.24, 2.45) is 14.1 Å². The van der Waals surface area contributed by atoms with E-state index >= 15 is 0 Å². The molecule has 0 spiro atoms. The third-order valence-electron chi connectivity index (χ3n) is 5.03. The van der Waals surface area contributed by atoms with Crippen molar-refractivity contribution in [2.75, 3.05) is 6.54 Å². The highest BCUT2D eigenvalue weighted by Crippen LogP contribution is 2.22. The molecular formula is C16H21N7O2. The SMILES string of the molecule is Cn1c(CN2CCC[C@H]2Cn2cccn2)nc2c1c(=O)[nH]c(=O)n2C. The number of hydrogen-bond acceptors (Lipinski definition) is 5. The first kappa shape index (κ1) is 15.8. The summed E-state index contributed by atoms with van der Waals surface area (Å²) in [6.45, 7) is 2.48. The number of hydrogen-bond donors (Lipinski definition) is 1. The Morgan fingerprint density at radius 2 is 2.12 bits per heavy atom. The molecule has 4 rings (SSSR count). The predicted octanol–water partition coefficient (Wildman–Crippen LogP) is -0.179. The molecular weight excluding hydrogens is 322 g/mol. The van der Waals surface area contributed by atoms with Gasteiger partial charge in [0.1, 0.15) is 5.82 Å². The third-order valence-corrected chi connectivity index (χ3v) is 5.03. The third kappa shape index (κ3) is 2.70. The van der Waals surface area contributed by atoms with Gasteiger partial charge in [0.15, 0.2) is 11.2 Å². The minimum Gasteiger partial charge on any atom is -0.324 e. The molecule has 1 atom stereocenters. The molecule has 3 aromatic rings. The molecule has 0 aliphatic carbocycles. The largest absolute Gasteiger partial charge is 0.329 e. The molecule has 1 N–H and O–H groups in total. The number of aromatic amines is 1. The molecule has 1 aliphatic heterocycles. The van der Waals surface area contributed by atoms with Crippen LogP contribution in [0.2, 0.25) is 0 Å². The van der Waals surface area contributed by atoms with Crippen LogP contribution in [0.25, 0.3) is 11.2 Å². The van der Waals surface area contributed by atoms with Crippen LogP contribution in [0.15, 0.2) is 28.0 Å². The Bertz CT molecular complexity index is 1010. The van der Waals surface area contributed by atoms with Gasteiger partial charge in [-0.25, -0.2) is 9.78 Å². The van der Waals surface area contributed by atoms with Gasteiger partial charge in [0, 0.05) is 32.5 Å². The van der Waals surface area contributed by atoms with Gasteiger partial charge in [-0.3, -0.25) is 23.9 Å². The summed E-state index contributed by atoms with van der Waals surface area (Å²) in [4.78, 5) is 33.2. The first-order valence-electron chi connectivity index (χ1n) is 8.40. The number of H-pyrrole nitrogens is 1. The topological polar surface area (TPSA) is 93.7 Å². The van der Waals surface area contributed by atoms with Crippen molar-refractivity contribution in [1.29, 1.82) is 0 Å². The molecule has 0 saturated carbocycles. The lowest BCUT2D eigenvalue weighted by molar-refractivity contribution is 0.212. The van der Waals surface area contributed by atoms with E-state index in [1.165, 1.54) is 4.57 Å². The fourth-order valence-corrected chi connectivity index (χ4v) is 3.61. The van der Waals surface area contributed by atoms with E-state index in [2.05, 4.69) is 20.0 Å². The molecule has 0 amide bonds. The van der Waals surface area contributed by atoms with Crippen LogP contribution in [0, 0.1) is 0 Å². The van der Waals surface area contributed by atoms with Gasteiger partial charge in [0.05, 0.1) is 13.1 Å². The maximum absolute atomic E-state index is 12.1. The van der Waals surface area contributed by atoms with Gasteiger partial charge in [-0.2, -0.15) is 5.10 Å². The second kappa shape index (κ2) is 5.99. The van der Waals surface area contributed by atoms with Crippen LogP contribution in [0.1, 0.15) is 18.7 Å². The Labute approximate surface area is 143 Å². The van der Waals surface area contributed by atoms with Crippen molar-refractivity contribution in [3.63, 3.8) is 0 Å². The van der Waals surface area contributed by atoms with Gasteiger partial charge >= 0.3 is 5.69 Å². The van der Waals surface area contributed by atoms with E-state index in [4.69, 9.17) is 0 Å². The maximum Gasteiger partial charge on any atom is 0.329 e. The first-order chi connectivity index (χ1) is 12.0. The minimum atomic E-state index is -0.445. The van der Waals surface area contributed by atoms with Crippen LogP contribution < -0.4 is 11.2 Å². The number of rotatable bonds is 4. The summed E-state index contributed by atoms with van der Waals surface area (Å²) in [5, 5.41) is 4.29. The minimum absolute atomic E-state index is 0.391. The van der Waals surface area contributed by atoms with Crippen molar-refractivity contribution in [2.45, 2.75) is 32.0 Å². The fraction of sp³-hybridized carbons (Fsp3) is 0.500. The highest BCUT2D eigenvalue weighted by molar-refractivity contribution is 5.70. The molecule has 25 heavy (non-hydrogen) atoms. The fourth-order valence-electron chi connectivity index (χ4n) is 3.61. The maximum atomic E-state index is 12.1. The number of aromatic nitrogens is 6. The van der Waals surface area contributed by atoms with Crippen LogP contribution in [0.5, 0.6) is 0 Å². The molecule has 9 heteroatoms. The van der Waals surface area contributed by atoms with Gasteiger partial charge < -0.3 is 4.57 Å². The molecule has 0 unspecified atom stereocenters. The number of nitrogens with zero attached hydrogens (tertiary/aromatic N) is 6. The van der Waals surface area contributed by atoms with Gasteiger partial charge in [-0.1, -0.05) is 0 Å². The second-order valence-electron chi connectivity index (χ2n) is 6.57. The summed E-state index contributed by atoms with van der Waals surface area (Å²) in [6, 6.07) is 2.32. The average Bonchev–Trinajstić information content (AvgIpc) is 3.29. The Morgan fingerprint density at radius 1 is 1.28 bits per heavy atom. The highest BCUT2D eigenvalue weighted by atomic mass is 16.2. The van der Waals surface area contributed by atoms with E-state index in [9.17, 15) is 9.59 Å². The van der Waals surface area contributed by atoms with Crippen LogP contribution in [0.3, 0.4) is 0 Å². The van der Waals surface area contributed by atoms with Crippen molar-refractivity contribution < 1.29 is 0 Å². The smallest absolute Gasteiger partial charge is 0.324 e. The Kier molecular flexibility index (Phi) is 3.79. The van der Waals surface area contributed by atoms with Gasteiger partial charge in [-0.05, 0) is 25.5 Å². The van der Waals surface area contributed by atoms with E-state index < -0.39 is 11.2 Å². The zero-order valence-corrected chi connectivity index (χ0v) is 14.3. The predicted molar refractivity (Wildman–Crippen MR) is 92.2 cm³/mol. The molecule has 0 bridgehead atoms. The zero-order valence-electron chi connectivity index (χ0n) is 14.3. The molecule has 9 nitrogen and oxygen atoms in total. The lowest BCUT2D eigenvalue weighted by atomic mass is 10.2. The quantitative estimate of drug-likeness (QED) is 0.709. The van der Waals surface area contributed by atoms with Crippen LogP contribution in [0.4, 0.5) is 0 Å². The number of likely N-dealkylation sites (tertiary alicyclic amines) is 1. The van der Waals surface area contributed by atoms with Crippen molar-refractivity contribution >= 4 is 11.2 Å². The lowest BCUT2D eigenvalue weighted by Crippen LogP contribution is -2.33. The van der Waals surface area contributed by atoms with Gasteiger partial charge in [0.25, 0.3) is 5.56 Å². The average molecular weight is 343 g/mol. The Hall–Kier alpha value is -2.68. The molecule has 4 heterocycles. The number of nitrogens with one attached hydrogen (secondary N) is 1. The highest BCUT2D eigenvalue weighted by Gasteiger charge is 2.27. The summed E-state index contributed by atoms with van der Waals surface area (Å²) in [6.07, 6.45) is 6.01. The normalized spacial score (nSPS) is 18.4. The lowest BCUT2D eigenvalue weighted by Gasteiger charge is -2.24. The molecule has 1 aliphatic rings. The molecule has 3 aromatic heterocycles. The van der Waals surface area contributed by atoms with Crippen LogP contribution in [-0.4, -0.2) is 46.4 Å². The zero-order chi connectivity index (χ0) is 17.6. The van der Waals surface area contributed by atoms with E-state index in [0.29, 0.717) is 23.8 Å². The van der Waals surface area contributed by atoms with E-state index in [1.54, 1.807) is 17.8 Å². The Morgan fingerprint density at radius 3 is 2.88 bits per heavy atom. The summed E-state index contributed by atoms with van der Waals surface area (Å²) in [5.41, 5.74) is 0.0164. The second-order valence-corrected chi connectivity index (χ2v) is 6.57. The molecule has 0 aromatic carbocycles. The van der Waals surface area contributed by atoms with Gasteiger partial charge in [0.2, 0.25) is 0 Å². The standard InChI is InChI=1S/C16H21N7O2/c1-20-12(18-14-13(20)15(24)19-16(25)21(14)2)10-22-7-3-5-11(22)9-23-8-4-6-17-23/h4,6,8,11H,3,5,7,9-10H2,1-2H3,(H,19,24,25)/t11-/m0/s1. The van der Waals surface area contributed by atoms with Crippen molar-refractivity contribution in [1.82, 2.24) is 33.8 Å². The Balaban J connectivity index is 1.65. The molecule has 1 saturated heterocycles. The monoisotopic (exact) mass is 343 g/mol. The molecule has 1 fully saturated rings. The van der Waals surface area contributed by atoms with Crippen molar-refractivity contribution in [3.8, 4) is 0 Å². The van der Waals surface area contributed by atoms with E-state index in [0.717, 1.165) is 31.8 Å². The molecule has 0 radical (unpaired) electrons. The van der Waals surface area contributed by atoms with E-state index in [-0.39, 0.29) is 0 Å². The number of imidazole rings is 1. The first-order valence-corrected chi connectivity index (χ1v) is 8.40. The molecule has 132 valence electrons. The number of aryl methyl sites for hydroxylation is 2. The van der Waals surface area contributed by atoms with E-state index in [1.807, 2.05) is 24.0 Å². The summed E-state index contributed by atoms with van der Waals surface area (Å²) in [5.74, 6) is 0.786. The van der Waals surface area contributed by atoms with Crippen molar-refractivity contribution in [3.05, 3.63) is 45.1 Å².